The first-order valence-corrected chi connectivity index (χ1v) is 12.9. The van der Waals surface area contributed by atoms with Crippen LogP contribution in [0.15, 0.2) is 24.3 Å². The number of aromatic amines is 1. The van der Waals surface area contributed by atoms with Crippen molar-refractivity contribution >= 4 is 23.5 Å². The number of ether oxygens (including phenoxy) is 1. The van der Waals surface area contributed by atoms with Crippen LogP contribution in [0.25, 0.3) is 0 Å². The number of nitrogen functional groups attached to an aromatic ring is 1. The molecular weight excluding hydrogens is 476 g/mol. The molecule has 3 fully saturated rings. The van der Waals surface area contributed by atoms with Gasteiger partial charge in [0, 0.05) is 69.2 Å². The van der Waals surface area contributed by atoms with Crippen LogP contribution in [0.2, 0.25) is 5.02 Å². The lowest BCUT2D eigenvalue weighted by molar-refractivity contribution is -0.104. The molecule has 0 bridgehead atoms. The normalized spacial score (nSPS) is 26.8. The second-order valence-electron chi connectivity index (χ2n) is 10.0. The summed E-state index contributed by atoms with van der Waals surface area (Å²) in [6.07, 6.45) is 2.77. The third-order valence-corrected chi connectivity index (χ3v) is 7.80. The van der Waals surface area contributed by atoms with Gasteiger partial charge in [-0.25, -0.2) is 13.9 Å². The lowest BCUT2D eigenvalue weighted by Crippen LogP contribution is -2.59. The molecule has 3 N–H and O–H groups in total. The molecule has 11 heteroatoms. The molecule has 0 aliphatic carbocycles. The van der Waals surface area contributed by atoms with Crippen LogP contribution in [0.5, 0.6) is 0 Å². The van der Waals surface area contributed by atoms with Crippen LogP contribution in [0.1, 0.15) is 31.2 Å². The number of nitrogens with two attached hydrogens (primary N) is 1. The summed E-state index contributed by atoms with van der Waals surface area (Å²) < 4.78 is 33.5. The molecule has 0 saturated carbocycles. The van der Waals surface area contributed by atoms with Crippen LogP contribution in [-0.4, -0.2) is 95.0 Å². The summed E-state index contributed by atoms with van der Waals surface area (Å²) in [7, 11) is 0. The first-order chi connectivity index (χ1) is 16.8. The second-order valence-corrected chi connectivity index (χ2v) is 10.5. The molecule has 0 radical (unpaired) electrons. The number of likely N-dealkylation sites (tertiary alicyclic amines) is 1. The standard InChI is InChI=1S/C24H34ClF2N7O/c25-18-3-1-17(2-4-18)13-20-16-35-21(14-32-11-7-24(26,27)8-12-32)15-34(20)19-5-9-33(10-6-19)23-29-22(28)30-31-23/h1-4,19-21H,5-16H2,(H3,28,29,30,31)/t20-,21-/m0/s1. The minimum absolute atomic E-state index is 0.0222. The van der Waals surface area contributed by atoms with Crippen molar-refractivity contribution in [2.24, 2.45) is 0 Å². The van der Waals surface area contributed by atoms with E-state index in [4.69, 9.17) is 22.1 Å². The Kier molecular flexibility index (Phi) is 7.43. The number of benzene rings is 1. The Morgan fingerprint density at radius 3 is 2.49 bits per heavy atom. The molecule has 3 aliphatic rings. The smallest absolute Gasteiger partial charge is 0.250 e. The fraction of sp³-hybridized carbons (Fsp3) is 0.667. The quantitative estimate of drug-likeness (QED) is 0.619. The number of halogens is 3. The molecule has 3 saturated heterocycles. The van der Waals surface area contributed by atoms with Gasteiger partial charge in [0.1, 0.15) is 0 Å². The highest BCUT2D eigenvalue weighted by atomic mass is 35.5. The summed E-state index contributed by atoms with van der Waals surface area (Å²) >= 11 is 6.09. The van der Waals surface area contributed by atoms with Crippen LogP contribution in [0.3, 0.4) is 0 Å². The zero-order chi connectivity index (χ0) is 24.4. The maximum Gasteiger partial charge on any atom is 0.250 e. The minimum Gasteiger partial charge on any atom is -0.374 e. The fourth-order valence-electron chi connectivity index (χ4n) is 5.56. The van der Waals surface area contributed by atoms with E-state index in [0.29, 0.717) is 44.2 Å². The van der Waals surface area contributed by atoms with Gasteiger partial charge in [-0.1, -0.05) is 23.7 Å². The van der Waals surface area contributed by atoms with Crippen molar-refractivity contribution in [1.29, 1.82) is 0 Å². The lowest BCUT2D eigenvalue weighted by atomic mass is 9.96. The topological polar surface area (TPSA) is 86.5 Å². The molecule has 8 nitrogen and oxygen atoms in total. The number of aromatic nitrogens is 3. The third-order valence-electron chi connectivity index (χ3n) is 7.55. The van der Waals surface area contributed by atoms with Gasteiger partial charge < -0.3 is 20.3 Å². The summed E-state index contributed by atoms with van der Waals surface area (Å²) in [6, 6.07) is 8.70. The average molecular weight is 510 g/mol. The van der Waals surface area contributed by atoms with E-state index in [1.807, 2.05) is 12.1 Å². The molecule has 0 spiro atoms. The van der Waals surface area contributed by atoms with Crippen LogP contribution in [-0.2, 0) is 11.2 Å². The van der Waals surface area contributed by atoms with Gasteiger partial charge in [-0.2, -0.15) is 4.98 Å². The van der Waals surface area contributed by atoms with Gasteiger partial charge in [0.15, 0.2) is 0 Å². The van der Waals surface area contributed by atoms with Gasteiger partial charge in [-0.3, -0.25) is 4.90 Å². The third kappa shape index (κ3) is 6.22. The Balaban J connectivity index is 1.24. The van der Waals surface area contributed by atoms with E-state index in [0.717, 1.165) is 43.9 Å². The Morgan fingerprint density at radius 2 is 1.83 bits per heavy atom. The van der Waals surface area contributed by atoms with Gasteiger partial charge in [0.05, 0.1) is 12.7 Å². The van der Waals surface area contributed by atoms with Crippen molar-refractivity contribution in [2.75, 3.05) is 56.5 Å². The number of nitrogens with one attached hydrogen (secondary N) is 1. The van der Waals surface area contributed by atoms with Crippen molar-refractivity contribution in [2.45, 2.75) is 56.2 Å². The number of hydrogen-bond acceptors (Lipinski definition) is 7. The van der Waals surface area contributed by atoms with Crippen molar-refractivity contribution < 1.29 is 13.5 Å². The molecule has 1 aromatic carbocycles. The van der Waals surface area contributed by atoms with E-state index < -0.39 is 5.92 Å². The Labute approximate surface area is 209 Å². The molecule has 2 atom stereocenters. The highest BCUT2D eigenvalue weighted by molar-refractivity contribution is 6.30. The van der Waals surface area contributed by atoms with Crippen molar-refractivity contribution in [3.05, 3.63) is 34.9 Å². The van der Waals surface area contributed by atoms with Crippen LogP contribution < -0.4 is 10.6 Å². The van der Waals surface area contributed by atoms with Gasteiger partial charge in [-0.05, 0) is 37.0 Å². The number of hydrogen-bond donors (Lipinski definition) is 2. The molecule has 2 aromatic rings. The predicted octanol–water partition coefficient (Wildman–Crippen LogP) is 3.05. The van der Waals surface area contributed by atoms with Gasteiger partial charge in [-0.15, -0.1) is 5.10 Å². The van der Waals surface area contributed by atoms with E-state index in [1.165, 1.54) is 5.56 Å². The molecule has 192 valence electrons. The van der Waals surface area contributed by atoms with Gasteiger partial charge >= 0.3 is 0 Å². The van der Waals surface area contributed by atoms with E-state index in [9.17, 15) is 8.78 Å². The summed E-state index contributed by atoms with van der Waals surface area (Å²) in [4.78, 5) is 11.2. The van der Waals surface area contributed by atoms with Crippen molar-refractivity contribution in [1.82, 2.24) is 25.0 Å². The van der Waals surface area contributed by atoms with Crippen LogP contribution in [0.4, 0.5) is 20.7 Å². The van der Waals surface area contributed by atoms with E-state index >= 15 is 0 Å². The van der Waals surface area contributed by atoms with Crippen molar-refractivity contribution in [3.63, 3.8) is 0 Å². The number of anilines is 2. The monoisotopic (exact) mass is 509 g/mol. The zero-order valence-corrected chi connectivity index (χ0v) is 20.6. The Bertz CT molecular complexity index is 957. The highest BCUT2D eigenvalue weighted by Crippen LogP contribution is 2.30. The Morgan fingerprint density at radius 1 is 1.11 bits per heavy atom. The maximum atomic E-state index is 13.6. The number of alkyl halides is 2. The molecule has 5 rings (SSSR count). The molecule has 0 unspecified atom stereocenters. The molecule has 35 heavy (non-hydrogen) atoms. The first-order valence-electron chi connectivity index (χ1n) is 12.5. The van der Waals surface area contributed by atoms with E-state index in [1.54, 1.807) is 0 Å². The maximum absolute atomic E-state index is 13.6. The summed E-state index contributed by atoms with van der Waals surface area (Å²) in [6.45, 7) is 4.73. The molecular formula is C24H34ClF2N7O. The predicted molar refractivity (Wildman–Crippen MR) is 132 cm³/mol. The molecule has 4 heterocycles. The fourth-order valence-corrected chi connectivity index (χ4v) is 5.69. The summed E-state index contributed by atoms with van der Waals surface area (Å²) in [5.74, 6) is -1.54. The zero-order valence-electron chi connectivity index (χ0n) is 19.9. The van der Waals surface area contributed by atoms with E-state index in [-0.39, 0.29) is 25.0 Å². The summed E-state index contributed by atoms with van der Waals surface area (Å²) in [5, 5.41) is 7.65. The number of H-pyrrole nitrogens is 1. The second kappa shape index (κ2) is 10.5. The molecule has 0 amide bonds. The SMILES string of the molecule is Nc1nc(N2CCC(N3C[C@H](CN4CCC(F)(F)CC4)OC[C@@H]3Cc3ccc(Cl)cc3)CC2)n[nH]1. The largest absolute Gasteiger partial charge is 0.374 e. The van der Waals surface area contributed by atoms with Gasteiger partial charge in [0.2, 0.25) is 11.9 Å². The highest BCUT2D eigenvalue weighted by Gasteiger charge is 2.38. The molecule has 3 aliphatic heterocycles. The minimum atomic E-state index is -2.53. The van der Waals surface area contributed by atoms with Crippen molar-refractivity contribution in [3.8, 4) is 0 Å². The number of rotatable bonds is 6. The average Bonchev–Trinajstić information content (AvgIpc) is 3.29. The number of morpholine rings is 1. The molecule has 1 aromatic heterocycles. The Hall–Kier alpha value is -2.01. The number of nitrogens with zero attached hydrogens (tertiary/aromatic N) is 5. The van der Waals surface area contributed by atoms with Gasteiger partial charge in [0.25, 0.3) is 5.92 Å². The van der Waals surface area contributed by atoms with E-state index in [2.05, 4.69) is 42.0 Å². The van der Waals surface area contributed by atoms with Crippen LogP contribution in [0, 0.1) is 0 Å². The summed E-state index contributed by atoms with van der Waals surface area (Å²) in [5.41, 5.74) is 6.94. The first kappa shape index (κ1) is 24.7. The van der Waals surface area contributed by atoms with Crippen LogP contribution >= 0.6 is 11.6 Å². The number of piperidine rings is 2. The lowest BCUT2D eigenvalue weighted by Gasteiger charge is -2.47.